The van der Waals surface area contributed by atoms with Crippen LogP contribution in [0.4, 0.5) is 11.4 Å². The average molecular weight is 247 g/mol. The molecule has 7 heteroatoms. The van der Waals surface area contributed by atoms with Crippen LogP contribution in [0.25, 0.3) is 0 Å². The Balaban J connectivity index is 1.79. The van der Waals surface area contributed by atoms with E-state index in [4.69, 9.17) is 15.2 Å². The molecule has 0 saturated carbocycles. The van der Waals surface area contributed by atoms with Gasteiger partial charge in [0.15, 0.2) is 11.5 Å². The van der Waals surface area contributed by atoms with Crippen LogP contribution in [0, 0.1) is 0 Å². The normalized spacial score (nSPS) is 13.3. The number of nitrogens with two attached hydrogens (primary N) is 1. The molecule has 0 saturated heterocycles. The van der Waals surface area contributed by atoms with E-state index in [2.05, 4.69) is 20.5 Å². The second-order valence-electron chi connectivity index (χ2n) is 3.87. The Hall–Kier alpha value is -2.44. The molecule has 0 unspecified atom stereocenters. The minimum atomic E-state index is 0.518. The fraction of sp³-hybridized carbons (Fsp3) is 0.273. The highest BCUT2D eigenvalue weighted by atomic mass is 16.6. The summed E-state index contributed by atoms with van der Waals surface area (Å²) in [6, 6.07) is 3.59. The number of aromatic nitrogens is 3. The van der Waals surface area contributed by atoms with Crippen molar-refractivity contribution in [1.82, 2.24) is 15.2 Å². The van der Waals surface area contributed by atoms with Gasteiger partial charge in [0.1, 0.15) is 25.4 Å². The molecule has 1 aromatic carbocycles. The maximum atomic E-state index is 5.94. The van der Waals surface area contributed by atoms with E-state index >= 15 is 0 Å². The largest absolute Gasteiger partial charge is 0.486 e. The highest BCUT2D eigenvalue weighted by molar-refractivity contribution is 5.72. The Bertz CT molecular complexity index is 541. The van der Waals surface area contributed by atoms with E-state index < -0.39 is 0 Å². The highest BCUT2D eigenvalue weighted by Crippen LogP contribution is 2.36. The molecular weight excluding hydrogens is 234 g/mol. The van der Waals surface area contributed by atoms with Crippen molar-refractivity contribution in [3.05, 3.63) is 24.3 Å². The predicted molar refractivity (Wildman–Crippen MR) is 65.6 cm³/mol. The fourth-order valence-electron chi connectivity index (χ4n) is 1.75. The number of nitrogen functional groups attached to an aromatic ring is 1. The van der Waals surface area contributed by atoms with E-state index in [0.717, 1.165) is 11.5 Å². The van der Waals surface area contributed by atoms with Crippen molar-refractivity contribution in [2.45, 2.75) is 6.54 Å². The maximum absolute atomic E-state index is 5.94. The zero-order valence-electron chi connectivity index (χ0n) is 9.64. The second kappa shape index (κ2) is 4.44. The van der Waals surface area contributed by atoms with Gasteiger partial charge in [0.2, 0.25) is 0 Å². The highest BCUT2D eigenvalue weighted by Gasteiger charge is 2.14. The summed E-state index contributed by atoms with van der Waals surface area (Å²) in [5, 5.41) is 9.72. The number of anilines is 2. The minimum Gasteiger partial charge on any atom is -0.486 e. The van der Waals surface area contributed by atoms with Crippen molar-refractivity contribution in [3.8, 4) is 11.5 Å². The Morgan fingerprint density at radius 3 is 2.78 bits per heavy atom. The molecule has 4 N–H and O–H groups in total. The number of nitrogens with one attached hydrogen (secondary N) is 2. The van der Waals surface area contributed by atoms with Crippen LogP contribution < -0.4 is 20.5 Å². The molecular formula is C11H13N5O2. The summed E-state index contributed by atoms with van der Waals surface area (Å²) in [7, 11) is 0. The lowest BCUT2D eigenvalue weighted by Gasteiger charge is -2.20. The summed E-state index contributed by atoms with van der Waals surface area (Å²) in [4.78, 5) is 4.02. The first-order valence-electron chi connectivity index (χ1n) is 5.60. The van der Waals surface area contributed by atoms with Gasteiger partial charge in [-0.25, -0.2) is 4.98 Å². The number of ether oxygens (including phenoxy) is 2. The molecule has 18 heavy (non-hydrogen) atoms. The van der Waals surface area contributed by atoms with Gasteiger partial charge in [0.25, 0.3) is 0 Å². The number of hydrogen-bond acceptors (Lipinski definition) is 6. The van der Waals surface area contributed by atoms with Crippen LogP contribution in [0.3, 0.4) is 0 Å². The van der Waals surface area contributed by atoms with E-state index in [-0.39, 0.29) is 0 Å². The summed E-state index contributed by atoms with van der Waals surface area (Å²) in [5.74, 6) is 2.13. The van der Waals surface area contributed by atoms with Crippen molar-refractivity contribution in [2.24, 2.45) is 0 Å². The number of hydrogen-bond donors (Lipinski definition) is 3. The molecule has 1 aliphatic heterocycles. The summed E-state index contributed by atoms with van der Waals surface area (Å²) in [6.07, 6.45) is 1.46. The standard InChI is InChI=1S/C11H13N5O2/c12-7-3-9-10(18-2-1-17-9)4-8(7)13-5-11-14-6-15-16-11/h3-4,6,13H,1-2,5,12H2,(H,14,15,16). The third kappa shape index (κ3) is 2.02. The van der Waals surface area contributed by atoms with Crippen molar-refractivity contribution < 1.29 is 9.47 Å². The molecule has 2 aromatic rings. The quantitative estimate of drug-likeness (QED) is 0.693. The van der Waals surface area contributed by atoms with Gasteiger partial charge in [-0.05, 0) is 0 Å². The van der Waals surface area contributed by atoms with Crippen molar-refractivity contribution in [1.29, 1.82) is 0 Å². The zero-order chi connectivity index (χ0) is 12.4. The molecule has 7 nitrogen and oxygen atoms in total. The molecule has 0 spiro atoms. The van der Waals surface area contributed by atoms with Crippen molar-refractivity contribution >= 4 is 11.4 Å². The number of nitrogens with zero attached hydrogens (tertiary/aromatic N) is 2. The predicted octanol–water partition coefficient (Wildman–Crippen LogP) is 0.770. The third-order valence-electron chi connectivity index (χ3n) is 2.63. The SMILES string of the molecule is Nc1cc2c(cc1NCc1ncn[nH]1)OCCO2. The summed E-state index contributed by atoms with van der Waals surface area (Å²) in [5.41, 5.74) is 7.34. The number of aromatic amines is 1. The van der Waals surface area contributed by atoms with Gasteiger partial charge in [0.05, 0.1) is 17.9 Å². The van der Waals surface area contributed by atoms with Crippen LogP contribution in [-0.2, 0) is 6.54 Å². The van der Waals surface area contributed by atoms with Gasteiger partial charge < -0.3 is 20.5 Å². The van der Waals surface area contributed by atoms with Crippen molar-refractivity contribution in [2.75, 3.05) is 24.3 Å². The molecule has 0 radical (unpaired) electrons. The Labute approximate surface area is 103 Å². The summed E-state index contributed by atoms with van der Waals surface area (Å²) >= 11 is 0. The van der Waals surface area contributed by atoms with Crippen LogP contribution in [0.1, 0.15) is 5.82 Å². The lowest BCUT2D eigenvalue weighted by atomic mass is 10.2. The van der Waals surface area contributed by atoms with Crippen LogP contribution >= 0.6 is 0 Å². The molecule has 0 atom stereocenters. The molecule has 0 fully saturated rings. The van der Waals surface area contributed by atoms with E-state index in [9.17, 15) is 0 Å². The number of rotatable bonds is 3. The molecule has 0 aliphatic carbocycles. The van der Waals surface area contributed by atoms with Crippen molar-refractivity contribution in [3.63, 3.8) is 0 Å². The fourth-order valence-corrected chi connectivity index (χ4v) is 1.75. The summed E-state index contributed by atoms with van der Waals surface area (Å²) in [6.45, 7) is 1.62. The minimum absolute atomic E-state index is 0.518. The number of H-pyrrole nitrogens is 1. The van der Waals surface area contributed by atoms with E-state index in [1.54, 1.807) is 6.07 Å². The second-order valence-corrected chi connectivity index (χ2v) is 3.87. The first-order valence-corrected chi connectivity index (χ1v) is 5.60. The first-order chi connectivity index (χ1) is 8.83. The maximum Gasteiger partial charge on any atom is 0.163 e. The molecule has 2 heterocycles. The Morgan fingerprint density at radius 1 is 1.28 bits per heavy atom. The Morgan fingerprint density at radius 2 is 2.06 bits per heavy atom. The first kappa shape index (κ1) is 10.7. The van der Waals surface area contributed by atoms with Gasteiger partial charge in [-0.15, -0.1) is 0 Å². The summed E-state index contributed by atoms with van der Waals surface area (Å²) < 4.78 is 10.9. The number of benzene rings is 1. The average Bonchev–Trinajstić information content (AvgIpc) is 2.89. The van der Waals surface area contributed by atoms with Gasteiger partial charge in [-0.1, -0.05) is 0 Å². The van der Waals surface area contributed by atoms with Gasteiger partial charge in [-0.3, -0.25) is 5.10 Å². The zero-order valence-corrected chi connectivity index (χ0v) is 9.64. The lowest BCUT2D eigenvalue weighted by Crippen LogP contribution is -2.16. The van der Waals surface area contributed by atoms with Gasteiger partial charge in [-0.2, -0.15) is 5.10 Å². The Kier molecular flexibility index (Phi) is 2.64. The van der Waals surface area contributed by atoms with Crippen LogP contribution in [0.2, 0.25) is 0 Å². The molecule has 94 valence electrons. The molecule has 0 bridgehead atoms. The van der Waals surface area contributed by atoms with Crippen LogP contribution in [-0.4, -0.2) is 28.4 Å². The van der Waals surface area contributed by atoms with E-state index in [0.29, 0.717) is 36.9 Å². The van der Waals surface area contributed by atoms with Gasteiger partial charge >= 0.3 is 0 Å². The molecule has 0 amide bonds. The van der Waals surface area contributed by atoms with Gasteiger partial charge in [0, 0.05) is 12.1 Å². The molecule has 3 rings (SSSR count). The molecule has 1 aliphatic rings. The smallest absolute Gasteiger partial charge is 0.163 e. The van der Waals surface area contributed by atoms with Crippen LogP contribution in [0.5, 0.6) is 11.5 Å². The monoisotopic (exact) mass is 247 g/mol. The van der Waals surface area contributed by atoms with E-state index in [1.807, 2.05) is 6.07 Å². The van der Waals surface area contributed by atoms with Crippen LogP contribution in [0.15, 0.2) is 18.5 Å². The number of fused-ring (bicyclic) bond motifs is 1. The third-order valence-corrected chi connectivity index (χ3v) is 2.63. The lowest BCUT2D eigenvalue weighted by molar-refractivity contribution is 0.172. The van der Waals surface area contributed by atoms with E-state index in [1.165, 1.54) is 6.33 Å². The molecule has 1 aromatic heterocycles. The topological polar surface area (TPSA) is 98.1 Å².